The quantitative estimate of drug-likeness (QED) is 0.535. The van der Waals surface area contributed by atoms with E-state index in [4.69, 9.17) is 4.74 Å². The molecular formula is C23H23NO3. The predicted octanol–water partition coefficient (Wildman–Crippen LogP) is 4.58. The van der Waals surface area contributed by atoms with Crippen molar-refractivity contribution in [1.82, 2.24) is 4.57 Å². The second kappa shape index (κ2) is 6.38. The molecule has 0 saturated carbocycles. The molecule has 0 N–H and O–H groups in total. The number of pyridine rings is 1. The SMILES string of the molecule is CCn1c2c(c(=O)c3ccccc31)C(=O)c1c-2ccc(OCC(C)C)c1C. The van der Waals surface area contributed by atoms with Gasteiger partial charge in [0.15, 0.2) is 5.78 Å². The Morgan fingerprint density at radius 1 is 1.04 bits per heavy atom. The van der Waals surface area contributed by atoms with E-state index in [1.807, 2.05) is 44.2 Å². The second-order valence-corrected chi connectivity index (χ2v) is 7.46. The molecule has 1 aliphatic rings. The Labute approximate surface area is 158 Å². The highest BCUT2D eigenvalue weighted by Gasteiger charge is 2.35. The molecule has 138 valence electrons. The summed E-state index contributed by atoms with van der Waals surface area (Å²) in [5, 5.41) is 0.591. The van der Waals surface area contributed by atoms with E-state index in [2.05, 4.69) is 18.4 Å². The molecule has 1 heterocycles. The molecule has 3 aromatic rings. The fourth-order valence-corrected chi connectivity index (χ4v) is 3.94. The zero-order chi connectivity index (χ0) is 19.3. The van der Waals surface area contributed by atoms with E-state index in [1.165, 1.54) is 0 Å². The first-order chi connectivity index (χ1) is 13.0. The van der Waals surface area contributed by atoms with Gasteiger partial charge in [0, 0.05) is 28.6 Å². The summed E-state index contributed by atoms with van der Waals surface area (Å²) in [5.41, 5.74) is 3.93. The Morgan fingerprint density at radius 3 is 2.48 bits per heavy atom. The minimum atomic E-state index is -0.189. The maximum atomic E-state index is 13.3. The maximum Gasteiger partial charge on any atom is 0.201 e. The molecule has 1 aliphatic carbocycles. The zero-order valence-corrected chi connectivity index (χ0v) is 16.1. The van der Waals surface area contributed by atoms with E-state index in [1.54, 1.807) is 6.07 Å². The molecule has 0 bridgehead atoms. The van der Waals surface area contributed by atoms with Gasteiger partial charge < -0.3 is 9.30 Å². The van der Waals surface area contributed by atoms with Gasteiger partial charge in [0.25, 0.3) is 0 Å². The summed E-state index contributed by atoms with van der Waals surface area (Å²) in [5.74, 6) is 0.917. The van der Waals surface area contributed by atoms with Crippen LogP contribution in [0.3, 0.4) is 0 Å². The topological polar surface area (TPSA) is 48.3 Å². The lowest BCUT2D eigenvalue weighted by atomic mass is 10.0. The Morgan fingerprint density at radius 2 is 1.78 bits per heavy atom. The number of hydrogen-bond acceptors (Lipinski definition) is 3. The number of fused-ring (bicyclic) bond motifs is 4. The van der Waals surface area contributed by atoms with Gasteiger partial charge in [0.1, 0.15) is 5.75 Å². The molecule has 0 atom stereocenters. The van der Waals surface area contributed by atoms with Gasteiger partial charge in [-0.25, -0.2) is 0 Å². The fourth-order valence-electron chi connectivity index (χ4n) is 3.94. The number of nitrogens with zero attached hydrogens (tertiary/aromatic N) is 1. The van der Waals surface area contributed by atoms with E-state index in [-0.39, 0.29) is 16.8 Å². The monoisotopic (exact) mass is 361 g/mol. The number of carbonyl (C=O) groups is 1. The molecule has 0 spiro atoms. The minimum absolute atomic E-state index is 0.185. The molecule has 4 rings (SSSR count). The van der Waals surface area contributed by atoms with E-state index < -0.39 is 0 Å². The van der Waals surface area contributed by atoms with E-state index >= 15 is 0 Å². The van der Waals surface area contributed by atoms with Crippen molar-refractivity contribution in [2.75, 3.05) is 6.61 Å². The molecule has 0 saturated heterocycles. The first-order valence-corrected chi connectivity index (χ1v) is 9.42. The molecule has 0 amide bonds. The third-order valence-electron chi connectivity index (χ3n) is 5.19. The Bertz CT molecular complexity index is 1140. The normalized spacial score (nSPS) is 12.6. The first-order valence-electron chi connectivity index (χ1n) is 9.42. The van der Waals surface area contributed by atoms with Gasteiger partial charge in [-0.2, -0.15) is 0 Å². The standard InChI is InChI=1S/C23H23NO3/c1-5-24-17-9-7-6-8-15(17)22(25)20-21(24)16-10-11-18(27-12-13(2)3)14(4)19(16)23(20)26/h6-11,13H,5,12H2,1-4H3. The number of hydrogen-bond donors (Lipinski definition) is 0. The minimum Gasteiger partial charge on any atom is -0.493 e. The average molecular weight is 361 g/mol. The van der Waals surface area contributed by atoms with Crippen LogP contribution in [0.25, 0.3) is 22.2 Å². The number of rotatable bonds is 4. The van der Waals surface area contributed by atoms with Crippen LogP contribution >= 0.6 is 0 Å². The van der Waals surface area contributed by atoms with Crippen LogP contribution in [0.15, 0.2) is 41.2 Å². The summed E-state index contributed by atoms with van der Waals surface area (Å²) < 4.78 is 7.97. The van der Waals surface area contributed by atoms with Gasteiger partial charge in [-0.05, 0) is 44.0 Å². The van der Waals surface area contributed by atoms with E-state index in [0.29, 0.717) is 35.8 Å². The van der Waals surface area contributed by atoms with Crippen LogP contribution in [-0.2, 0) is 6.54 Å². The predicted molar refractivity (Wildman–Crippen MR) is 108 cm³/mol. The van der Waals surface area contributed by atoms with Crippen LogP contribution in [-0.4, -0.2) is 17.0 Å². The summed E-state index contributed by atoms with van der Waals surface area (Å²) >= 11 is 0. The number of ketones is 1. The smallest absolute Gasteiger partial charge is 0.201 e. The summed E-state index contributed by atoms with van der Waals surface area (Å²) in [7, 11) is 0. The molecule has 27 heavy (non-hydrogen) atoms. The molecule has 0 fully saturated rings. The fraction of sp³-hybridized carbons (Fsp3) is 0.304. The van der Waals surface area contributed by atoms with Crippen LogP contribution < -0.4 is 10.2 Å². The largest absolute Gasteiger partial charge is 0.493 e. The van der Waals surface area contributed by atoms with Crippen molar-refractivity contribution >= 4 is 16.7 Å². The van der Waals surface area contributed by atoms with Crippen molar-refractivity contribution in [3.05, 3.63) is 63.3 Å². The molecule has 0 unspecified atom stereocenters. The lowest BCUT2D eigenvalue weighted by Gasteiger charge is -2.16. The van der Waals surface area contributed by atoms with Crippen molar-refractivity contribution in [2.24, 2.45) is 5.92 Å². The van der Waals surface area contributed by atoms with Crippen LogP contribution in [0.5, 0.6) is 5.75 Å². The van der Waals surface area contributed by atoms with Crippen LogP contribution in [0, 0.1) is 12.8 Å². The summed E-state index contributed by atoms with van der Waals surface area (Å²) in [6, 6.07) is 11.3. The van der Waals surface area contributed by atoms with Crippen LogP contribution in [0.1, 0.15) is 42.3 Å². The van der Waals surface area contributed by atoms with E-state index in [0.717, 1.165) is 22.3 Å². The molecule has 0 radical (unpaired) electrons. The molecule has 1 aromatic heterocycles. The first kappa shape index (κ1) is 17.5. The molecule has 4 nitrogen and oxygen atoms in total. The number of benzene rings is 2. The van der Waals surface area contributed by atoms with E-state index in [9.17, 15) is 9.59 Å². The van der Waals surface area contributed by atoms with Crippen molar-refractivity contribution in [3.63, 3.8) is 0 Å². The number of carbonyl (C=O) groups excluding carboxylic acids is 1. The van der Waals surface area contributed by atoms with Gasteiger partial charge >= 0.3 is 0 Å². The van der Waals surface area contributed by atoms with Crippen molar-refractivity contribution in [3.8, 4) is 17.0 Å². The van der Waals surface area contributed by atoms with Gasteiger partial charge in [0.05, 0.1) is 23.4 Å². The Balaban J connectivity index is 2.01. The molecule has 0 aliphatic heterocycles. The molecule has 2 aromatic carbocycles. The lowest BCUT2D eigenvalue weighted by molar-refractivity contribution is 0.104. The highest BCUT2D eigenvalue weighted by atomic mass is 16.5. The van der Waals surface area contributed by atoms with Crippen molar-refractivity contribution < 1.29 is 9.53 Å². The molecule has 4 heteroatoms. The highest BCUT2D eigenvalue weighted by molar-refractivity contribution is 6.23. The zero-order valence-electron chi connectivity index (χ0n) is 16.1. The maximum absolute atomic E-state index is 13.3. The third-order valence-corrected chi connectivity index (χ3v) is 5.19. The summed E-state index contributed by atoms with van der Waals surface area (Å²) in [6.45, 7) is 9.38. The summed E-state index contributed by atoms with van der Waals surface area (Å²) in [4.78, 5) is 26.4. The lowest BCUT2D eigenvalue weighted by Crippen LogP contribution is -2.18. The van der Waals surface area contributed by atoms with Crippen LogP contribution in [0.2, 0.25) is 0 Å². The average Bonchev–Trinajstić information content (AvgIpc) is 2.95. The van der Waals surface area contributed by atoms with Crippen LogP contribution in [0.4, 0.5) is 0 Å². The van der Waals surface area contributed by atoms with Crippen molar-refractivity contribution in [2.45, 2.75) is 34.2 Å². The van der Waals surface area contributed by atoms with Gasteiger partial charge in [0.2, 0.25) is 5.43 Å². The number of para-hydroxylation sites is 1. The number of ether oxygens (including phenoxy) is 1. The van der Waals surface area contributed by atoms with Gasteiger partial charge in [-0.3, -0.25) is 9.59 Å². The number of aryl methyl sites for hydroxylation is 1. The highest BCUT2D eigenvalue weighted by Crippen LogP contribution is 2.41. The third kappa shape index (κ3) is 2.51. The Kier molecular flexibility index (Phi) is 4.14. The van der Waals surface area contributed by atoms with Gasteiger partial charge in [-0.1, -0.05) is 26.0 Å². The van der Waals surface area contributed by atoms with Crippen molar-refractivity contribution in [1.29, 1.82) is 0 Å². The Hall–Kier alpha value is -2.88. The second-order valence-electron chi connectivity index (χ2n) is 7.46. The molecular weight excluding hydrogens is 338 g/mol. The summed E-state index contributed by atoms with van der Waals surface area (Å²) in [6.07, 6.45) is 0. The van der Waals surface area contributed by atoms with Gasteiger partial charge in [-0.15, -0.1) is 0 Å². The number of aromatic nitrogens is 1.